The van der Waals surface area contributed by atoms with E-state index < -0.39 is 6.16 Å². The Balaban J connectivity index is 0. The molecule has 0 N–H and O–H groups in total. The summed E-state index contributed by atoms with van der Waals surface area (Å²) in [6.07, 6.45) is -2.33. The molecular weight excluding hydrogens is 115 g/mol. The molecule has 5 heavy (non-hydrogen) atoms. The first-order valence-electron chi connectivity index (χ1n) is 0.612. The van der Waals surface area contributed by atoms with E-state index in [0.29, 0.717) is 0 Å². The molecule has 31 valence electrons. The number of hydrogen-bond donors (Lipinski definition) is 0. The third-order valence-electron chi connectivity index (χ3n) is 0. The van der Waals surface area contributed by atoms with Gasteiger partial charge in [0.25, 0.3) is 0 Å². The molecule has 4 heteroatoms. The molecule has 0 rings (SSSR count). The molecule has 0 saturated heterocycles. The van der Waals surface area contributed by atoms with Crippen molar-refractivity contribution in [1.82, 2.24) is 0 Å². The Morgan fingerprint density at radius 1 is 1.40 bits per heavy atom. The SMILES string of the molecule is O=C([O-])[O-].[Mn]. The topological polar surface area (TPSA) is 63.2 Å². The minimum Gasteiger partial charge on any atom is -0.652 e. The Bertz CT molecular complexity index is 29.9. The van der Waals surface area contributed by atoms with Crippen LogP contribution in [0.2, 0.25) is 0 Å². The van der Waals surface area contributed by atoms with Gasteiger partial charge in [0.2, 0.25) is 0 Å². The third kappa shape index (κ3) is 274. The van der Waals surface area contributed by atoms with Crippen molar-refractivity contribution >= 4 is 6.16 Å². The Kier molecular flexibility index (Phi) is 6.70. The smallest absolute Gasteiger partial charge is 0 e. The second kappa shape index (κ2) is 3.79. The predicted octanol–water partition coefficient (Wildman–Crippen LogP) is -2.45. The molecule has 1 radical (unpaired) electrons. The molecule has 0 amide bonds. The summed E-state index contributed by atoms with van der Waals surface area (Å²) in [6, 6.07) is 0. The van der Waals surface area contributed by atoms with Crippen LogP contribution in [0.15, 0.2) is 0 Å². The van der Waals surface area contributed by atoms with Gasteiger partial charge < -0.3 is 15.0 Å². The van der Waals surface area contributed by atoms with Gasteiger partial charge >= 0.3 is 0 Å². The number of hydrogen-bond acceptors (Lipinski definition) is 3. The van der Waals surface area contributed by atoms with Crippen LogP contribution in [0.3, 0.4) is 0 Å². The fraction of sp³-hybridized carbons (Fsp3) is 0. The van der Waals surface area contributed by atoms with Gasteiger partial charge in [0.05, 0.1) is 0 Å². The van der Waals surface area contributed by atoms with Crippen LogP contribution >= 0.6 is 0 Å². The van der Waals surface area contributed by atoms with E-state index in [4.69, 9.17) is 15.0 Å². The van der Waals surface area contributed by atoms with Crippen molar-refractivity contribution in [3.05, 3.63) is 0 Å². The molecule has 0 aliphatic rings. The van der Waals surface area contributed by atoms with E-state index in [1.54, 1.807) is 0 Å². The van der Waals surface area contributed by atoms with Crippen LogP contribution in [0.25, 0.3) is 0 Å². The minimum atomic E-state index is -2.33. The number of carbonyl (C=O) groups excluding carboxylic acids is 1. The van der Waals surface area contributed by atoms with E-state index in [2.05, 4.69) is 0 Å². The number of rotatable bonds is 0. The van der Waals surface area contributed by atoms with Crippen LogP contribution in [0.5, 0.6) is 0 Å². The third-order valence-corrected chi connectivity index (χ3v) is 0. The predicted molar refractivity (Wildman–Crippen MR) is 5.40 cm³/mol. The van der Waals surface area contributed by atoms with Crippen molar-refractivity contribution in [2.75, 3.05) is 0 Å². The summed E-state index contributed by atoms with van der Waals surface area (Å²) in [5, 5.41) is 16.7. The van der Waals surface area contributed by atoms with Crippen molar-refractivity contribution in [1.29, 1.82) is 0 Å². The fourth-order valence-electron chi connectivity index (χ4n) is 0. The molecule has 0 aromatic carbocycles. The van der Waals surface area contributed by atoms with Crippen LogP contribution < -0.4 is 10.2 Å². The number of carbonyl (C=O) groups is 1. The van der Waals surface area contributed by atoms with E-state index in [1.807, 2.05) is 0 Å². The minimum absolute atomic E-state index is 0. The van der Waals surface area contributed by atoms with E-state index in [0.717, 1.165) is 0 Å². The quantitative estimate of drug-likeness (QED) is 0.329. The summed E-state index contributed by atoms with van der Waals surface area (Å²) in [5.74, 6) is 0. The molecule has 0 aromatic heterocycles. The Morgan fingerprint density at radius 2 is 1.40 bits per heavy atom. The van der Waals surface area contributed by atoms with Gasteiger partial charge in [-0.15, -0.1) is 0 Å². The second-order valence-corrected chi connectivity index (χ2v) is 0.250. The van der Waals surface area contributed by atoms with Crippen molar-refractivity contribution in [2.45, 2.75) is 0 Å². The van der Waals surface area contributed by atoms with Gasteiger partial charge in [0.1, 0.15) is 0 Å². The van der Waals surface area contributed by atoms with Crippen LogP contribution in [0.4, 0.5) is 4.79 Å². The Hall–Kier alpha value is -0.211. The van der Waals surface area contributed by atoms with E-state index in [1.165, 1.54) is 0 Å². The standard InChI is InChI=1S/CH2O3.Mn/c2-1(3)4;/h(H2,2,3,4);/p-2. The molecule has 0 aromatic rings. The van der Waals surface area contributed by atoms with Crippen molar-refractivity contribution in [2.24, 2.45) is 0 Å². The van der Waals surface area contributed by atoms with Gasteiger partial charge in [-0.05, 0) is 6.16 Å². The van der Waals surface area contributed by atoms with E-state index in [9.17, 15) is 0 Å². The molecule has 0 aliphatic carbocycles. The first-order valence-corrected chi connectivity index (χ1v) is 0.612. The summed E-state index contributed by atoms with van der Waals surface area (Å²) in [7, 11) is 0. The van der Waals surface area contributed by atoms with Crippen LogP contribution in [-0.2, 0) is 17.1 Å². The summed E-state index contributed by atoms with van der Waals surface area (Å²) in [5.41, 5.74) is 0. The van der Waals surface area contributed by atoms with Crippen LogP contribution in [0.1, 0.15) is 0 Å². The summed E-state index contributed by atoms with van der Waals surface area (Å²) >= 11 is 0. The Morgan fingerprint density at radius 3 is 1.40 bits per heavy atom. The summed E-state index contributed by atoms with van der Waals surface area (Å²) in [6.45, 7) is 0. The monoisotopic (exact) mass is 115 g/mol. The zero-order valence-electron chi connectivity index (χ0n) is 2.10. The first-order chi connectivity index (χ1) is 1.73. The van der Waals surface area contributed by atoms with Gasteiger partial charge in [-0.3, -0.25) is 0 Å². The maximum absolute atomic E-state index is 8.33. The van der Waals surface area contributed by atoms with Crippen molar-refractivity contribution in [3.63, 3.8) is 0 Å². The van der Waals surface area contributed by atoms with Gasteiger partial charge in [-0.2, -0.15) is 0 Å². The molecule has 0 saturated carbocycles. The molecule has 0 unspecified atom stereocenters. The van der Waals surface area contributed by atoms with Gasteiger partial charge in [0.15, 0.2) is 0 Å². The molecule has 0 fully saturated rings. The fourth-order valence-corrected chi connectivity index (χ4v) is 0. The average Bonchev–Trinajstić information content (AvgIpc) is 0.811. The van der Waals surface area contributed by atoms with Gasteiger partial charge in [-0.25, -0.2) is 0 Å². The average molecular weight is 115 g/mol. The van der Waals surface area contributed by atoms with Crippen molar-refractivity contribution in [3.8, 4) is 0 Å². The normalized spacial score (nSPS) is 4.80. The first kappa shape index (κ1) is 8.84. The largest absolute Gasteiger partial charge is 0.652 e. The molecule has 3 nitrogen and oxygen atoms in total. The van der Waals surface area contributed by atoms with Gasteiger partial charge in [0, 0.05) is 17.1 Å². The molecule has 0 heterocycles. The summed E-state index contributed by atoms with van der Waals surface area (Å²) in [4.78, 5) is 8.33. The van der Waals surface area contributed by atoms with Gasteiger partial charge in [-0.1, -0.05) is 0 Å². The van der Waals surface area contributed by atoms with Crippen LogP contribution in [0, 0.1) is 0 Å². The Labute approximate surface area is 39.1 Å². The maximum atomic E-state index is 8.33. The van der Waals surface area contributed by atoms with Crippen molar-refractivity contribution < 1.29 is 32.1 Å². The summed E-state index contributed by atoms with van der Waals surface area (Å²) < 4.78 is 0. The van der Waals surface area contributed by atoms with Crippen LogP contribution in [-0.4, -0.2) is 6.16 Å². The second-order valence-electron chi connectivity index (χ2n) is 0.250. The molecule has 0 atom stereocenters. The zero-order valence-corrected chi connectivity index (χ0v) is 3.28. The molecule has 0 spiro atoms. The maximum Gasteiger partial charge on any atom is 0 e. The molecular formula is CMnO3-2. The van der Waals surface area contributed by atoms with E-state index >= 15 is 0 Å². The molecule has 0 aliphatic heterocycles. The van der Waals surface area contributed by atoms with E-state index in [-0.39, 0.29) is 17.1 Å². The molecule has 0 bridgehead atoms. The zero-order chi connectivity index (χ0) is 3.58. The number of carboxylic acid groups (broad SMARTS) is 2.